The Balaban J connectivity index is 2.16. The zero-order valence-corrected chi connectivity index (χ0v) is 16.8. The van der Waals surface area contributed by atoms with E-state index in [1.807, 2.05) is 6.07 Å². The minimum atomic E-state index is -2.93. The molecule has 7 heteroatoms. The van der Waals surface area contributed by atoms with Crippen molar-refractivity contribution >= 4 is 68.6 Å². The fourth-order valence-electron chi connectivity index (χ4n) is 2.69. The summed E-state index contributed by atoms with van der Waals surface area (Å²) in [5.74, 6) is 0. The van der Waals surface area contributed by atoms with Crippen LogP contribution < -0.4 is 5.32 Å². The number of pyridine rings is 1. The molecule has 0 saturated carbocycles. The molecule has 2 aromatic carbocycles. The lowest BCUT2D eigenvalue weighted by Crippen LogP contribution is -2.03. The Morgan fingerprint density at radius 1 is 1.19 bits per heavy atom. The van der Waals surface area contributed by atoms with E-state index in [1.54, 1.807) is 30.3 Å². The number of nitrogens with zero attached hydrogens (tertiary/aromatic N) is 1. The SMILES string of the molecule is C=Cc1nc2cc(Cl)ccc2c(Nc2ccc(C(F)(F)I)cc2)c1/C=C/O. The number of alkyl halides is 3. The van der Waals surface area contributed by atoms with Crippen molar-refractivity contribution in [2.24, 2.45) is 0 Å². The Kier molecular flexibility index (Phi) is 5.67. The van der Waals surface area contributed by atoms with E-state index in [0.717, 1.165) is 34.2 Å². The Labute approximate surface area is 173 Å². The lowest BCUT2D eigenvalue weighted by atomic mass is 10.0. The van der Waals surface area contributed by atoms with Crippen LogP contribution in [0.5, 0.6) is 0 Å². The number of hydrogen-bond acceptors (Lipinski definition) is 3. The molecule has 0 aliphatic heterocycles. The van der Waals surface area contributed by atoms with Crippen LogP contribution in [0.25, 0.3) is 23.1 Å². The summed E-state index contributed by atoms with van der Waals surface area (Å²) in [7, 11) is 0. The summed E-state index contributed by atoms with van der Waals surface area (Å²) in [5, 5.41) is 13.8. The molecule has 3 rings (SSSR count). The summed E-state index contributed by atoms with van der Waals surface area (Å²) in [6, 6.07) is 11.1. The van der Waals surface area contributed by atoms with E-state index < -0.39 is 3.93 Å². The second-order valence-electron chi connectivity index (χ2n) is 5.67. The highest BCUT2D eigenvalue weighted by Crippen LogP contribution is 2.37. The molecule has 0 aliphatic carbocycles. The molecule has 0 amide bonds. The molecule has 0 fully saturated rings. The van der Waals surface area contributed by atoms with Crippen LogP contribution in [0, 0.1) is 0 Å². The minimum absolute atomic E-state index is 0.0812. The van der Waals surface area contributed by atoms with Gasteiger partial charge in [0.1, 0.15) is 0 Å². The second kappa shape index (κ2) is 7.82. The van der Waals surface area contributed by atoms with Gasteiger partial charge in [0.2, 0.25) is 0 Å². The van der Waals surface area contributed by atoms with Crippen LogP contribution in [0.2, 0.25) is 5.02 Å². The van der Waals surface area contributed by atoms with E-state index in [4.69, 9.17) is 11.6 Å². The van der Waals surface area contributed by atoms with E-state index >= 15 is 0 Å². The van der Waals surface area contributed by atoms with Gasteiger partial charge in [-0.3, -0.25) is 0 Å². The Hall–Kier alpha value is -2.19. The predicted octanol–water partition coefficient (Wildman–Crippen LogP) is 7.29. The lowest BCUT2D eigenvalue weighted by molar-refractivity contribution is 0.127. The fraction of sp³-hybridized carbons (Fsp3) is 0.0500. The number of aromatic nitrogens is 1. The summed E-state index contributed by atoms with van der Waals surface area (Å²) in [4.78, 5) is 4.52. The first-order chi connectivity index (χ1) is 12.8. The molecule has 3 nitrogen and oxygen atoms in total. The molecule has 0 spiro atoms. The molecule has 138 valence electrons. The standard InChI is InChI=1S/C20H14ClF2IN2O/c1-2-17-16(9-10-27)19(15-8-5-13(21)11-18(15)26-17)25-14-6-3-12(4-7-14)20(22,23)24/h2-11,27H,1H2,(H,25,26)/b10-9+. The van der Waals surface area contributed by atoms with Gasteiger partial charge in [-0.05, 0) is 42.5 Å². The summed E-state index contributed by atoms with van der Waals surface area (Å²) >= 11 is 7.17. The van der Waals surface area contributed by atoms with Gasteiger partial charge in [0.25, 0.3) is 0 Å². The van der Waals surface area contributed by atoms with Crippen molar-refractivity contribution < 1.29 is 13.9 Å². The van der Waals surface area contributed by atoms with Crippen LogP contribution in [-0.2, 0) is 3.93 Å². The van der Waals surface area contributed by atoms with Crippen LogP contribution in [0.15, 0.2) is 55.3 Å². The number of benzene rings is 2. The van der Waals surface area contributed by atoms with Gasteiger partial charge in [-0.15, -0.1) is 0 Å². The van der Waals surface area contributed by atoms with Crippen LogP contribution in [0.1, 0.15) is 16.8 Å². The van der Waals surface area contributed by atoms with Gasteiger partial charge in [-0.1, -0.05) is 30.3 Å². The fourth-order valence-corrected chi connectivity index (χ4v) is 3.22. The van der Waals surface area contributed by atoms with E-state index in [1.165, 1.54) is 18.2 Å². The van der Waals surface area contributed by atoms with Gasteiger partial charge in [0, 0.05) is 49.8 Å². The van der Waals surface area contributed by atoms with Gasteiger partial charge in [-0.2, -0.15) is 8.78 Å². The van der Waals surface area contributed by atoms with Gasteiger partial charge >= 0.3 is 3.93 Å². The third-order valence-electron chi connectivity index (χ3n) is 3.93. The van der Waals surface area contributed by atoms with E-state index in [0.29, 0.717) is 33.2 Å². The number of nitrogens with one attached hydrogen (secondary N) is 1. The zero-order valence-electron chi connectivity index (χ0n) is 13.9. The molecule has 0 radical (unpaired) electrons. The smallest absolute Gasteiger partial charge is 0.321 e. The molecular formula is C20H14ClF2IN2O. The molecular weight excluding hydrogens is 485 g/mol. The van der Waals surface area contributed by atoms with E-state index in [-0.39, 0.29) is 5.56 Å². The van der Waals surface area contributed by atoms with Crippen LogP contribution >= 0.6 is 34.2 Å². The molecule has 0 atom stereocenters. The Morgan fingerprint density at radius 3 is 2.48 bits per heavy atom. The van der Waals surface area contributed by atoms with Crippen LogP contribution in [0.4, 0.5) is 20.2 Å². The molecule has 1 aromatic heterocycles. The first kappa shape index (κ1) is 19.6. The highest BCUT2D eigenvalue weighted by Gasteiger charge is 2.26. The maximum Gasteiger partial charge on any atom is 0.321 e. The summed E-state index contributed by atoms with van der Waals surface area (Å²) < 4.78 is 23.9. The number of hydrogen-bond donors (Lipinski definition) is 2. The van der Waals surface area contributed by atoms with Gasteiger partial charge in [0.05, 0.1) is 23.2 Å². The maximum atomic E-state index is 13.4. The molecule has 2 N–H and O–H groups in total. The highest BCUT2D eigenvalue weighted by atomic mass is 127. The third-order valence-corrected chi connectivity index (χ3v) is 4.79. The normalized spacial score (nSPS) is 11.9. The number of fused-ring (bicyclic) bond motifs is 1. The van der Waals surface area contributed by atoms with Crippen molar-refractivity contribution in [3.63, 3.8) is 0 Å². The van der Waals surface area contributed by atoms with Crippen LogP contribution in [-0.4, -0.2) is 10.1 Å². The second-order valence-corrected chi connectivity index (χ2v) is 7.46. The zero-order chi connectivity index (χ0) is 19.6. The number of halogens is 4. The summed E-state index contributed by atoms with van der Waals surface area (Å²) in [5.41, 5.74) is 3.00. The predicted molar refractivity (Wildman–Crippen MR) is 116 cm³/mol. The van der Waals surface area contributed by atoms with Gasteiger partial charge in [0.15, 0.2) is 0 Å². The molecule has 1 heterocycles. The van der Waals surface area contributed by atoms with Crippen molar-refractivity contribution in [1.82, 2.24) is 4.98 Å². The minimum Gasteiger partial charge on any atom is -0.516 e. The Morgan fingerprint density at radius 2 is 1.89 bits per heavy atom. The van der Waals surface area contributed by atoms with Crippen molar-refractivity contribution in [1.29, 1.82) is 0 Å². The molecule has 0 aliphatic rings. The maximum absolute atomic E-state index is 13.4. The number of aliphatic hydroxyl groups is 1. The van der Waals surface area contributed by atoms with E-state index in [9.17, 15) is 13.9 Å². The van der Waals surface area contributed by atoms with Gasteiger partial charge < -0.3 is 10.4 Å². The van der Waals surface area contributed by atoms with Crippen LogP contribution in [0.3, 0.4) is 0 Å². The molecule has 0 unspecified atom stereocenters. The quantitative estimate of drug-likeness (QED) is 0.221. The molecule has 0 bridgehead atoms. The topological polar surface area (TPSA) is 45.2 Å². The van der Waals surface area contributed by atoms with Crippen molar-refractivity contribution in [2.45, 2.75) is 3.93 Å². The number of aliphatic hydroxyl groups excluding tert-OH is 1. The first-order valence-electron chi connectivity index (χ1n) is 7.84. The first-order valence-corrected chi connectivity index (χ1v) is 9.30. The molecule has 3 aromatic rings. The lowest BCUT2D eigenvalue weighted by Gasteiger charge is -2.16. The van der Waals surface area contributed by atoms with E-state index in [2.05, 4.69) is 16.9 Å². The molecule has 27 heavy (non-hydrogen) atoms. The number of anilines is 2. The third kappa shape index (κ3) is 4.22. The summed E-state index contributed by atoms with van der Waals surface area (Å²) in [6.07, 6.45) is 3.98. The monoisotopic (exact) mass is 498 g/mol. The highest BCUT2D eigenvalue weighted by molar-refractivity contribution is 14.1. The largest absolute Gasteiger partial charge is 0.516 e. The summed E-state index contributed by atoms with van der Waals surface area (Å²) in [6.45, 7) is 3.77. The average Bonchev–Trinajstić information content (AvgIpc) is 2.63. The number of rotatable bonds is 5. The average molecular weight is 499 g/mol. The molecule has 0 saturated heterocycles. The van der Waals surface area contributed by atoms with Crippen molar-refractivity contribution in [2.75, 3.05) is 5.32 Å². The Bertz CT molecular complexity index is 1030. The van der Waals surface area contributed by atoms with Crippen molar-refractivity contribution in [3.8, 4) is 0 Å². The van der Waals surface area contributed by atoms with Crippen molar-refractivity contribution in [3.05, 3.63) is 77.1 Å². The van der Waals surface area contributed by atoms with Gasteiger partial charge in [-0.25, -0.2) is 4.98 Å².